The lowest BCUT2D eigenvalue weighted by atomic mass is 10.1. The van der Waals surface area contributed by atoms with Gasteiger partial charge in [0, 0.05) is 37.5 Å². The summed E-state index contributed by atoms with van der Waals surface area (Å²) in [4.78, 5) is 8.37. The highest BCUT2D eigenvalue weighted by Crippen LogP contribution is 2.19. The van der Waals surface area contributed by atoms with Crippen molar-refractivity contribution < 1.29 is 0 Å². The first-order valence-corrected chi connectivity index (χ1v) is 9.77. The Hall–Kier alpha value is -1.07. The summed E-state index contributed by atoms with van der Waals surface area (Å²) in [6, 6.07) is 4.32. The molecule has 1 aliphatic rings. The molecular formula is C18H32N4S. The van der Waals surface area contributed by atoms with Crippen molar-refractivity contribution in [2.45, 2.75) is 39.0 Å². The largest absolute Gasteiger partial charge is 0.356 e. The second-order valence-electron chi connectivity index (χ2n) is 6.72. The van der Waals surface area contributed by atoms with Crippen LogP contribution in [0.15, 0.2) is 22.5 Å². The van der Waals surface area contributed by atoms with Gasteiger partial charge in [-0.1, -0.05) is 26.3 Å². The zero-order valence-electron chi connectivity index (χ0n) is 14.8. The second-order valence-corrected chi connectivity index (χ2v) is 7.70. The number of hydrogen-bond donors (Lipinski definition) is 2. The fourth-order valence-electron chi connectivity index (χ4n) is 3.06. The lowest BCUT2D eigenvalue weighted by Crippen LogP contribution is -2.43. The zero-order valence-corrected chi connectivity index (χ0v) is 15.7. The van der Waals surface area contributed by atoms with E-state index in [2.05, 4.69) is 51.9 Å². The molecule has 2 unspecified atom stereocenters. The van der Waals surface area contributed by atoms with E-state index in [1.165, 1.54) is 43.8 Å². The predicted octanol–water partition coefficient (Wildman–Crippen LogP) is 3.14. The molecule has 0 amide bonds. The number of aliphatic imine (C=N–C) groups is 1. The summed E-state index contributed by atoms with van der Waals surface area (Å²) in [7, 11) is 1.85. The van der Waals surface area contributed by atoms with Crippen LogP contribution < -0.4 is 10.6 Å². The highest BCUT2D eigenvalue weighted by atomic mass is 32.1. The Bertz CT molecular complexity index is 452. The van der Waals surface area contributed by atoms with Crippen LogP contribution in [0.5, 0.6) is 0 Å². The van der Waals surface area contributed by atoms with Crippen LogP contribution in [0.3, 0.4) is 0 Å². The van der Waals surface area contributed by atoms with Crippen molar-refractivity contribution in [2.24, 2.45) is 10.9 Å². The maximum Gasteiger partial charge on any atom is 0.191 e. The van der Waals surface area contributed by atoms with E-state index in [-0.39, 0.29) is 0 Å². The van der Waals surface area contributed by atoms with Crippen molar-refractivity contribution in [2.75, 3.05) is 39.8 Å². The minimum absolute atomic E-state index is 0.513. The number of piperidine rings is 1. The van der Waals surface area contributed by atoms with E-state index in [4.69, 9.17) is 0 Å². The molecule has 5 heteroatoms. The van der Waals surface area contributed by atoms with Crippen LogP contribution in [-0.2, 0) is 0 Å². The van der Waals surface area contributed by atoms with Gasteiger partial charge in [0.05, 0.1) is 0 Å². The van der Waals surface area contributed by atoms with Crippen LogP contribution in [0.2, 0.25) is 0 Å². The van der Waals surface area contributed by atoms with Crippen LogP contribution in [0.1, 0.15) is 43.9 Å². The van der Waals surface area contributed by atoms with Crippen LogP contribution in [0.25, 0.3) is 0 Å². The third kappa shape index (κ3) is 6.51. The number of nitrogens with zero attached hydrogens (tertiary/aromatic N) is 2. The standard InChI is InChI=1S/C18H32N4S/c1-15(14-22-9-5-4-6-10-22)12-20-18(19-3)21-13-16(2)17-8-7-11-23-17/h7-8,11,15-16H,4-6,9-10,12-14H2,1-3H3,(H2,19,20,21). The van der Waals surface area contributed by atoms with Gasteiger partial charge in [-0.25, -0.2) is 0 Å². The summed E-state index contributed by atoms with van der Waals surface area (Å²) < 4.78 is 0. The summed E-state index contributed by atoms with van der Waals surface area (Å²) in [5.74, 6) is 2.07. The molecule has 130 valence electrons. The molecule has 1 fully saturated rings. The predicted molar refractivity (Wildman–Crippen MR) is 102 cm³/mol. The molecule has 2 N–H and O–H groups in total. The van der Waals surface area contributed by atoms with E-state index >= 15 is 0 Å². The Kier molecular flexibility index (Phi) is 7.89. The van der Waals surface area contributed by atoms with Gasteiger partial charge in [-0.2, -0.15) is 0 Å². The van der Waals surface area contributed by atoms with Gasteiger partial charge >= 0.3 is 0 Å². The normalized spacial score (nSPS) is 19.3. The molecule has 23 heavy (non-hydrogen) atoms. The number of hydrogen-bond acceptors (Lipinski definition) is 3. The van der Waals surface area contributed by atoms with Gasteiger partial charge in [0.1, 0.15) is 0 Å². The molecule has 0 spiro atoms. The maximum atomic E-state index is 4.34. The van der Waals surface area contributed by atoms with Gasteiger partial charge in [-0.05, 0) is 43.3 Å². The quantitative estimate of drug-likeness (QED) is 0.593. The Labute approximate surface area is 145 Å². The molecular weight excluding hydrogens is 304 g/mol. The second kappa shape index (κ2) is 9.93. The van der Waals surface area contributed by atoms with E-state index in [0.717, 1.165) is 19.0 Å². The fourth-order valence-corrected chi connectivity index (χ4v) is 3.85. The topological polar surface area (TPSA) is 39.7 Å². The average Bonchev–Trinajstić information content (AvgIpc) is 3.10. The molecule has 0 aromatic carbocycles. The van der Waals surface area contributed by atoms with E-state index in [9.17, 15) is 0 Å². The molecule has 2 atom stereocenters. The number of guanidine groups is 1. The third-order valence-electron chi connectivity index (χ3n) is 4.46. The molecule has 1 aromatic heterocycles. The van der Waals surface area contributed by atoms with Gasteiger partial charge < -0.3 is 15.5 Å². The molecule has 1 aliphatic heterocycles. The summed E-state index contributed by atoms with van der Waals surface area (Å²) >= 11 is 1.82. The molecule has 2 heterocycles. The van der Waals surface area contributed by atoms with Gasteiger partial charge in [-0.15, -0.1) is 11.3 Å². The van der Waals surface area contributed by atoms with Gasteiger partial charge in [0.15, 0.2) is 5.96 Å². The first-order valence-electron chi connectivity index (χ1n) is 8.89. The first kappa shape index (κ1) is 18.3. The van der Waals surface area contributed by atoms with Gasteiger partial charge in [-0.3, -0.25) is 4.99 Å². The van der Waals surface area contributed by atoms with Crippen molar-refractivity contribution in [3.05, 3.63) is 22.4 Å². The van der Waals surface area contributed by atoms with E-state index in [1.807, 2.05) is 18.4 Å². The van der Waals surface area contributed by atoms with E-state index in [0.29, 0.717) is 11.8 Å². The van der Waals surface area contributed by atoms with Crippen molar-refractivity contribution in [1.29, 1.82) is 0 Å². The molecule has 0 aliphatic carbocycles. The van der Waals surface area contributed by atoms with Crippen molar-refractivity contribution in [3.63, 3.8) is 0 Å². The average molecular weight is 337 g/mol. The highest BCUT2D eigenvalue weighted by molar-refractivity contribution is 7.10. The van der Waals surface area contributed by atoms with E-state index < -0.39 is 0 Å². The van der Waals surface area contributed by atoms with Crippen molar-refractivity contribution >= 4 is 17.3 Å². The number of thiophene rings is 1. The highest BCUT2D eigenvalue weighted by Gasteiger charge is 2.14. The minimum atomic E-state index is 0.513. The Morgan fingerprint density at radius 1 is 1.22 bits per heavy atom. The minimum Gasteiger partial charge on any atom is -0.356 e. The lowest BCUT2D eigenvalue weighted by Gasteiger charge is -2.29. The Balaban J connectivity index is 1.65. The fraction of sp³-hybridized carbons (Fsp3) is 0.722. The van der Waals surface area contributed by atoms with Crippen LogP contribution >= 0.6 is 11.3 Å². The van der Waals surface area contributed by atoms with E-state index in [1.54, 1.807) is 0 Å². The summed E-state index contributed by atoms with van der Waals surface area (Å²) in [6.45, 7) is 10.2. The Morgan fingerprint density at radius 3 is 2.61 bits per heavy atom. The SMILES string of the molecule is CN=C(NCC(C)CN1CCCCC1)NCC(C)c1cccs1. The molecule has 4 nitrogen and oxygen atoms in total. The summed E-state index contributed by atoms with van der Waals surface area (Å²) in [5, 5.41) is 9.06. The monoisotopic (exact) mass is 336 g/mol. The van der Waals surface area contributed by atoms with Crippen LogP contribution in [-0.4, -0.2) is 50.6 Å². The summed E-state index contributed by atoms with van der Waals surface area (Å²) in [6.07, 6.45) is 4.13. The molecule has 1 aromatic rings. The van der Waals surface area contributed by atoms with Crippen LogP contribution in [0.4, 0.5) is 0 Å². The molecule has 0 radical (unpaired) electrons. The third-order valence-corrected chi connectivity index (χ3v) is 5.57. The number of likely N-dealkylation sites (tertiary alicyclic amines) is 1. The van der Waals surface area contributed by atoms with Crippen LogP contribution in [0, 0.1) is 5.92 Å². The first-order chi connectivity index (χ1) is 11.2. The van der Waals surface area contributed by atoms with Gasteiger partial charge in [0.25, 0.3) is 0 Å². The molecule has 1 saturated heterocycles. The zero-order chi connectivity index (χ0) is 16.5. The van der Waals surface area contributed by atoms with Crippen molar-refractivity contribution in [1.82, 2.24) is 15.5 Å². The number of rotatable bonds is 7. The Morgan fingerprint density at radius 2 is 1.96 bits per heavy atom. The summed E-state index contributed by atoms with van der Waals surface area (Å²) in [5.41, 5.74) is 0. The molecule has 0 saturated carbocycles. The molecule has 0 bridgehead atoms. The maximum absolute atomic E-state index is 4.34. The van der Waals surface area contributed by atoms with Gasteiger partial charge in [0.2, 0.25) is 0 Å². The van der Waals surface area contributed by atoms with Crippen molar-refractivity contribution in [3.8, 4) is 0 Å². The smallest absolute Gasteiger partial charge is 0.191 e. The number of nitrogens with one attached hydrogen (secondary N) is 2. The molecule has 2 rings (SSSR count). The lowest BCUT2D eigenvalue weighted by molar-refractivity contribution is 0.201.